The predicted molar refractivity (Wildman–Crippen MR) is 112 cm³/mol. The van der Waals surface area contributed by atoms with Crippen LogP contribution in [-0.2, 0) is 0 Å². The molecule has 5 nitrogen and oxygen atoms in total. The fraction of sp³-hybridized carbons (Fsp3) is 0.435. The molecule has 0 radical (unpaired) electrons. The smallest absolute Gasteiger partial charge is 0.318 e. The van der Waals surface area contributed by atoms with Crippen LogP contribution < -0.4 is 10.2 Å². The van der Waals surface area contributed by atoms with E-state index in [1.807, 2.05) is 36.9 Å². The molecule has 148 valence electrons. The Morgan fingerprint density at radius 1 is 1.18 bits per heavy atom. The van der Waals surface area contributed by atoms with Crippen molar-refractivity contribution in [2.24, 2.45) is 5.92 Å². The number of fused-ring (bicyclic) bond motifs is 3. The highest BCUT2D eigenvalue weighted by atomic mass is 16.3. The highest BCUT2D eigenvalue weighted by Crippen LogP contribution is 2.49. The second-order valence-electron chi connectivity index (χ2n) is 8.20. The van der Waals surface area contributed by atoms with Crippen LogP contribution in [0.1, 0.15) is 31.9 Å². The summed E-state index contributed by atoms with van der Waals surface area (Å²) in [5.41, 5.74) is 4.61. The van der Waals surface area contributed by atoms with Gasteiger partial charge in [-0.2, -0.15) is 0 Å². The summed E-state index contributed by atoms with van der Waals surface area (Å²) >= 11 is 0. The van der Waals surface area contributed by atoms with Gasteiger partial charge in [0.1, 0.15) is 0 Å². The van der Waals surface area contributed by atoms with E-state index < -0.39 is 0 Å². The molecule has 28 heavy (non-hydrogen) atoms. The predicted octanol–water partition coefficient (Wildman–Crippen LogP) is 3.65. The topological polar surface area (TPSA) is 55.8 Å². The summed E-state index contributed by atoms with van der Waals surface area (Å²) in [6.45, 7) is 4.78. The van der Waals surface area contributed by atoms with Gasteiger partial charge < -0.3 is 20.2 Å². The summed E-state index contributed by atoms with van der Waals surface area (Å²) in [5.74, 6) is 0.228. The monoisotopic (exact) mass is 379 g/mol. The third kappa shape index (κ3) is 3.14. The molecule has 3 atom stereocenters. The average Bonchev–Trinajstić information content (AvgIpc) is 3.13. The fourth-order valence-corrected chi connectivity index (χ4v) is 4.82. The molecule has 4 rings (SSSR count). The van der Waals surface area contributed by atoms with Gasteiger partial charge in [0.25, 0.3) is 0 Å². The molecule has 5 heteroatoms. The molecule has 1 fully saturated rings. The largest absolute Gasteiger partial charge is 0.394 e. The molecule has 2 aliphatic heterocycles. The summed E-state index contributed by atoms with van der Waals surface area (Å²) in [7, 11) is 2.05. The maximum Gasteiger partial charge on any atom is 0.318 e. The van der Waals surface area contributed by atoms with Crippen molar-refractivity contribution in [1.82, 2.24) is 10.2 Å². The Hall–Kier alpha value is -2.53. The van der Waals surface area contributed by atoms with Crippen LogP contribution in [0.2, 0.25) is 0 Å². The molecule has 2 amide bonds. The number of urea groups is 1. The summed E-state index contributed by atoms with van der Waals surface area (Å²) in [6, 6.07) is 16.9. The third-order valence-electron chi connectivity index (χ3n) is 6.13. The molecule has 0 bridgehead atoms. The molecule has 0 unspecified atom stereocenters. The minimum atomic E-state index is -0.0141. The lowest BCUT2D eigenvalue weighted by atomic mass is 9.81. The van der Waals surface area contributed by atoms with Gasteiger partial charge in [-0.25, -0.2) is 4.79 Å². The number of aliphatic hydroxyl groups excluding tert-OH is 1. The van der Waals surface area contributed by atoms with E-state index in [0.717, 1.165) is 17.7 Å². The molecule has 0 aliphatic carbocycles. The van der Waals surface area contributed by atoms with Crippen LogP contribution in [0.25, 0.3) is 11.1 Å². The number of hydrogen-bond donors (Lipinski definition) is 2. The lowest BCUT2D eigenvalue weighted by molar-refractivity contribution is 0.159. The number of carbonyl (C=O) groups is 1. The summed E-state index contributed by atoms with van der Waals surface area (Å²) < 4.78 is 0. The number of aliphatic hydroxyl groups is 1. The maximum atomic E-state index is 12.9. The van der Waals surface area contributed by atoms with Crippen molar-refractivity contribution in [2.45, 2.75) is 38.4 Å². The van der Waals surface area contributed by atoms with Gasteiger partial charge in [0.05, 0.1) is 18.7 Å². The average molecular weight is 380 g/mol. The first kappa shape index (κ1) is 18.8. The first-order chi connectivity index (χ1) is 13.5. The number of benzene rings is 2. The van der Waals surface area contributed by atoms with E-state index in [1.54, 1.807) is 0 Å². The molecule has 2 N–H and O–H groups in total. The molecule has 1 saturated heterocycles. The van der Waals surface area contributed by atoms with E-state index >= 15 is 0 Å². The first-order valence-corrected chi connectivity index (χ1v) is 10.1. The van der Waals surface area contributed by atoms with Crippen LogP contribution in [0.5, 0.6) is 0 Å². The minimum Gasteiger partial charge on any atom is -0.394 e. The zero-order valence-corrected chi connectivity index (χ0v) is 16.8. The molecule has 2 aliphatic rings. The number of nitrogens with one attached hydrogen (secondary N) is 1. The van der Waals surface area contributed by atoms with Gasteiger partial charge in [0.15, 0.2) is 0 Å². The van der Waals surface area contributed by atoms with Gasteiger partial charge in [-0.05, 0) is 49.1 Å². The SMILES string of the molecule is CC(C)NC(=O)N1CC[C@@H]2[C@H]1c1cc(-c3ccccc3)ccc1N(C)[C@@H]2CO. The number of anilines is 1. The van der Waals surface area contributed by atoms with Crippen LogP contribution in [0.4, 0.5) is 10.5 Å². The Labute approximate surface area is 167 Å². The van der Waals surface area contributed by atoms with Gasteiger partial charge in [0.2, 0.25) is 0 Å². The van der Waals surface area contributed by atoms with Crippen LogP contribution in [-0.4, -0.2) is 48.3 Å². The zero-order valence-electron chi connectivity index (χ0n) is 16.8. The van der Waals surface area contributed by atoms with Gasteiger partial charge in [0, 0.05) is 31.2 Å². The van der Waals surface area contributed by atoms with Crippen molar-refractivity contribution in [2.75, 3.05) is 25.1 Å². The standard InChI is InChI=1S/C23H29N3O2/c1-15(2)24-23(28)26-12-11-18-21(14-27)25(3)20-10-9-17(13-19(20)22(18)26)16-7-5-4-6-8-16/h4-10,13,15,18,21-22,27H,11-12,14H2,1-3H3,(H,24,28)/t18-,21+,22-/m0/s1. The van der Waals surface area contributed by atoms with Crippen LogP contribution in [0.3, 0.4) is 0 Å². The molecular formula is C23H29N3O2. The Morgan fingerprint density at radius 3 is 2.61 bits per heavy atom. The number of amides is 2. The molecule has 0 aromatic heterocycles. The van der Waals surface area contributed by atoms with Gasteiger partial charge >= 0.3 is 6.03 Å². The van der Waals surface area contributed by atoms with E-state index in [2.05, 4.69) is 47.6 Å². The number of hydrogen-bond acceptors (Lipinski definition) is 3. The zero-order chi connectivity index (χ0) is 19.8. The van der Waals surface area contributed by atoms with Crippen molar-refractivity contribution >= 4 is 11.7 Å². The van der Waals surface area contributed by atoms with Crippen molar-refractivity contribution in [1.29, 1.82) is 0 Å². The van der Waals surface area contributed by atoms with E-state index in [4.69, 9.17) is 0 Å². The van der Waals surface area contributed by atoms with Crippen molar-refractivity contribution < 1.29 is 9.90 Å². The van der Waals surface area contributed by atoms with Crippen molar-refractivity contribution in [3.05, 3.63) is 54.1 Å². The molecule has 2 heterocycles. The second kappa shape index (κ2) is 7.47. The quantitative estimate of drug-likeness (QED) is 0.856. The molecule has 2 aromatic rings. The van der Waals surface area contributed by atoms with E-state index in [-0.39, 0.29) is 36.7 Å². The highest BCUT2D eigenvalue weighted by molar-refractivity contribution is 5.77. The lowest BCUT2D eigenvalue weighted by Crippen LogP contribution is -2.50. The van der Waals surface area contributed by atoms with Crippen molar-refractivity contribution in [3.63, 3.8) is 0 Å². The molecule has 0 saturated carbocycles. The van der Waals surface area contributed by atoms with Gasteiger partial charge in [-0.15, -0.1) is 0 Å². The minimum absolute atomic E-state index is 0.00855. The van der Waals surface area contributed by atoms with Crippen molar-refractivity contribution in [3.8, 4) is 11.1 Å². The lowest BCUT2D eigenvalue weighted by Gasteiger charge is -2.44. The van der Waals surface area contributed by atoms with E-state index in [1.165, 1.54) is 11.1 Å². The van der Waals surface area contributed by atoms with Crippen LogP contribution in [0, 0.1) is 5.92 Å². The Morgan fingerprint density at radius 2 is 1.93 bits per heavy atom. The molecular weight excluding hydrogens is 350 g/mol. The number of likely N-dealkylation sites (tertiary alicyclic amines) is 1. The Bertz CT molecular complexity index is 852. The van der Waals surface area contributed by atoms with E-state index in [9.17, 15) is 9.90 Å². The maximum absolute atomic E-state index is 12.9. The van der Waals surface area contributed by atoms with Gasteiger partial charge in [-0.3, -0.25) is 0 Å². The highest BCUT2D eigenvalue weighted by Gasteiger charge is 2.47. The number of nitrogens with zero attached hydrogens (tertiary/aromatic N) is 2. The Kier molecular flexibility index (Phi) is 5.02. The number of carbonyl (C=O) groups excluding carboxylic acids is 1. The molecule has 0 spiro atoms. The normalized spacial score (nSPS) is 23.5. The first-order valence-electron chi connectivity index (χ1n) is 10.1. The Balaban J connectivity index is 1.79. The van der Waals surface area contributed by atoms with Crippen LogP contribution in [0.15, 0.2) is 48.5 Å². The summed E-state index contributed by atoms with van der Waals surface area (Å²) in [6.07, 6.45) is 0.904. The fourth-order valence-electron chi connectivity index (χ4n) is 4.82. The third-order valence-corrected chi connectivity index (χ3v) is 6.13. The van der Waals surface area contributed by atoms with E-state index in [0.29, 0.717) is 6.54 Å². The molecule has 2 aromatic carbocycles. The number of likely N-dealkylation sites (N-methyl/N-ethyl adjacent to an activating group) is 1. The summed E-state index contributed by atoms with van der Waals surface area (Å²) in [5, 5.41) is 13.1. The number of rotatable bonds is 3. The second-order valence-corrected chi connectivity index (χ2v) is 8.20. The summed E-state index contributed by atoms with van der Waals surface area (Å²) in [4.78, 5) is 17.0. The van der Waals surface area contributed by atoms with Crippen LogP contribution >= 0.6 is 0 Å². The van der Waals surface area contributed by atoms with Gasteiger partial charge in [-0.1, -0.05) is 36.4 Å².